The van der Waals surface area contributed by atoms with E-state index < -0.39 is 11.9 Å². The molecule has 46 heavy (non-hydrogen) atoms. The fourth-order valence-electron chi connectivity index (χ4n) is 6.83. The number of carbonyl (C=O) groups is 3. The predicted molar refractivity (Wildman–Crippen MR) is 175 cm³/mol. The number of rotatable bonds is 10. The first kappa shape index (κ1) is 32.7. The van der Waals surface area contributed by atoms with Gasteiger partial charge in [0.2, 0.25) is 5.91 Å². The van der Waals surface area contributed by atoms with Crippen LogP contribution in [0.25, 0.3) is 10.8 Å². The van der Waals surface area contributed by atoms with E-state index in [0.717, 1.165) is 30.3 Å². The highest BCUT2D eigenvalue weighted by Gasteiger charge is 2.42. The van der Waals surface area contributed by atoms with Gasteiger partial charge in [-0.15, -0.1) is 0 Å². The van der Waals surface area contributed by atoms with Crippen LogP contribution in [0.4, 0.5) is 5.69 Å². The van der Waals surface area contributed by atoms with Crippen molar-refractivity contribution in [1.29, 1.82) is 0 Å². The second kappa shape index (κ2) is 14.2. The molecule has 0 bridgehead atoms. The molecule has 2 N–H and O–H groups in total. The molecule has 244 valence electrons. The molecule has 12 heteroatoms. The summed E-state index contributed by atoms with van der Waals surface area (Å²) in [5.41, 5.74) is 1.17. The molecule has 1 aromatic heterocycles. The molecule has 0 spiro atoms. The third kappa shape index (κ3) is 7.16. The molecule has 1 aliphatic carbocycles. The molecule has 2 saturated heterocycles. The number of pyridine rings is 1. The van der Waals surface area contributed by atoms with E-state index in [9.17, 15) is 19.5 Å². The van der Waals surface area contributed by atoms with Crippen molar-refractivity contribution >= 4 is 57.4 Å². The van der Waals surface area contributed by atoms with Gasteiger partial charge in [-0.2, -0.15) is 0 Å². The van der Waals surface area contributed by atoms with E-state index in [1.165, 1.54) is 0 Å². The molecule has 3 heterocycles. The van der Waals surface area contributed by atoms with Gasteiger partial charge in [0.05, 0.1) is 47.9 Å². The second-order valence-corrected chi connectivity index (χ2v) is 13.3. The Labute approximate surface area is 277 Å². The van der Waals surface area contributed by atoms with E-state index in [1.54, 1.807) is 25.4 Å². The Morgan fingerprint density at radius 1 is 1.00 bits per heavy atom. The molecule has 6 rings (SSSR count). The molecule has 3 fully saturated rings. The van der Waals surface area contributed by atoms with Gasteiger partial charge >= 0.3 is 5.97 Å². The predicted octanol–water partition coefficient (Wildman–Crippen LogP) is 5.30. The summed E-state index contributed by atoms with van der Waals surface area (Å²) in [4.78, 5) is 46.8. The van der Waals surface area contributed by atoms with Crippen LogP contribution in [-0.2, 0) is 25.5 Å². The van der Waals surface area contributed by atoms with Crippen LogP contribution in [0.2, 0.25) is 10.0 Å². The molecule has 10 nitrogen and oxygen atoms in total. The van der Waals surface area contributed by atoms with Crippen molar-refractivity contribution in [2.45, 2.75) is 62.8 Å². The number of halogens is 2. The van der Waals surface area contributed by atoms with Crippen molar-refractivity contribution in [2.24, 2.45) is 5.92 Å². The zero-order chi connectivity index (χ0) is 32.4. The normalized spacial score (nSPS) is 23.8. The summed E-state index contributed by atoms with van der Waals surface area (Å²) in [7, 11) is 1.72. The van der Waals surface area contributed by atoms with Crippen molar-refractivity contribution < 1.29 is 29.0 Å². The molecule has 2 aromatic carbocycles. The molecule has 2 aliphatic heterocycles. The van der Waals surface area contributed by atoms with Crippen molar-refractivity contribution in [3.63, 3.8) is 0 Å². The standard InChI is InChI=1S/C34H38Cl2N4O6/c1-45-26-17-39(18-26)23-14-24(19-46-25-8-6-21(7-9-25)34(43)44)40(16-23)31(41)13-22-12-29(36)30(15-28(22)35)38-33(42)32-27-5-3-2-4-20(27)10-11-37-32/h2-5,10-12,15,21,23-26H,6-9,13-14,16-19H2,1H3,(H,38,42)(H,43,44)/t21?,23-,24-,25?/m0/s1. The van der Waals surface area contributed by atoms with Crippen molar-refractivity contribution in [3.05, 3.63) is 70.0 Å². The number of amides is 2. The molecule has 0 radical (unpaired) electrons. The van der Waals surface area contributed by atoms with E-state index in [1.807, 2.05) is 35.2 Å². The molecular formula is C34H38Cl2N4O6. The minimum absolute atomic E-state index is 0.00596. The molecule has 2 atom stereocenters. The maximum atomic E-state index is 13.8. The quantitative estimate of drug-likeness (QED) is 0.299. The second-order valence-electron chi connectivity index (χ2n) is 12.5. The number of aromatic nitrogens is 1. The largest absolute Gasteiger partial charge is 0.481 e. The van der Waals surface area contributed by atoms with Gasteiger partial charge in [0.25, 0.3) is 5.91 Å². The summed E-state index contributed by atoms with van der Waals surface area (Å²) < 4.78 is 11.7. The SMILES string of the molecule is COC1CN([C@H]2C[C@@H](COC3CCC(C(=O)O)CC3)N(C(=O)Cc3cc(Cl)c(NC(=O)c4nccc5ccccc45)cc3Cl)C2)C1. The van der Waals surface area contributed by atoms with Crippen LogP contribution in [0.15, 0.2) is 48.7 Å². The Bertz CT molecular complexity index is 1600. The zero-order valence-corrected chi connectivity index (χ0v) is 27.2. The molecule has 0 unspecified atom stereocenters. The van der Waals surface area contributed by atoms with Gasteiger partial charge in [-0.25, -0.2) is 0 Å². The molecule has 2 amide bonds. The number of benzene rings is 2. The van der Waals surface area contributed by atoms with E-state index in [0.29, 0.717) is 55.1 Å². The number of methoxy groups -OCH3 is 1. The molecule has 3 aromatic rings. The number of carbonyl (C=O) groups excluding carboxylic acids is 2. The van der Waals surface area contributed by atoms with Crippen LogP contribution < -0.4 is 5.32 Å². The van der Waals surface area contributed by atoms with E-state index in [4.69, 9.17) is 32.7 Å². The summed E-state index contributed by atoms with van der Waals surface area (Å²) >= 11 is 13.3. The fraction of sp³-hybridized carbons (Fsp3) is 0.471. The van der Waals surface area contributed by atoms with Crippen LogP contribution in [0.1, 0.15) is 48.2 Å². The Morgan fingerprint density at radius 2 is 1.76 bits per heavy atom. The molecular weight excluding hydrogens is 631 g/mol. The molecule has 3 aliphatic rings. The van der Waals surface area contributed by atoms with Crippen LogP contribution in [0, 0.1) is 5.92 Å². The Hall–Kier alpha value is -3.28. The third-order valence-corrected chi connectivity index (χ3v) is 10.3. The highest BCUT2D eigenvalue weighted by Crippen LogP contribution is 2.33. The summed E-state index contributed by atoms with van der Waals surface area (Å²) in [6, 6.07) is 12.6. The van der Waals surface area contributed by atoms with Crippen LogP contribution >= 0.6 is 23.2 Å². The number of ether oxygens (including phenoxy) is 2. The monoisotopic (exact) mass is 668 g/mol. The van der Waals surface area contributed by atoms with Gasteiger partial charge in [0.1, 0.15) is 5.69 Å². The van der Waals surface area contributed by atoms with Crippen molar-refractivity contribution in [1.82, 2.24) is 14.8 Å². The average molecular weight is 670 g/mol. The Morgan fingerprint density at radius 3 is 2.50 bits per heavy atom. The average Bonchev–Trinajstić information content (AvgIpc) is 3.45. The number of hydrogen-bond acceptors (Lipinski definition) is 7. The number of carboxylic acid groups (broad SMARTS) is 1. The number of nitrogens with one attached hydrogen (secondary N) is 1. The van der Waals surface area contributed by atoms with Crippen LogP contribution in [0.3, 0.4) is 0 Å². The summed E-state index contributed by atoms with van der Waals surface area (Å²) in [6.45, 7) is 2.64. The lowest BCUT2D eigenvalue weighted by molar-refractivity contribution is -0.144. The highest BCUT2D eigenvalue weighted by molar-refractivity contribution is 6.36. The lowest BCUT2D eigenvalue weighted by Gasteiger charge is -2.42. The third-order valence-electron chi connectivity index (χ3n) is 9.60. The lowest BCUT2D eigenvalue weighted by Crippen LogP contribution is -2.56. The van der Waals surface area contributed by atoms with Gasteiger partial charge in [-0.3, -0.25) is 24.3 Å². The van der Waals surface area contributed by atoms with Gasteiger partial charge in [0, 0.05) is 49.4 Å². The number of hydrogen-bond donors (Lipinski definition) is 2. The molecule has 1 saturated carbocycles. The minimum Gasteiger partial charge on any atom is -0.481 e. The summed E-state index contributed by atoms with van der Waals surface area (Å²) in [5, 5.41) is 14.4. The first-order chi connectivity index (χ1) is 22.2. The van der Waals surface area contributed by atoms with Gasteiger partial charge in [-0.05, 0) is 61.3 Å². The van der Waals surface area contributed by atoms with Crippen molar-refractivity contribution in [2.75, 3.05) is 38.7 Å². The van der Waals surface area contributed by atoms with Crippen molar-refractivity contribution in [3.8, 4) is 0 Å². The number of carboxylic acids is 1. The van der Waals surface area contributed by atoms with Gasteiger partial charge < -0.3 is 24.8 Å². The first-order valence-corrected chi connectivity index (χ1v) is 16.5. The smallest absolute Gasteiger partial charge is 0.306 e. The van der Waals surface area contributed by atoms with Crippen LogP contribution in [-0.4, -0.2) is 95.3 Å². The summed E-state index contributed by atoms with van der Waals surface area (Å²) in [6.07, 6.45) is 5.25. The first-order valence-electron chi connectivity index (χ1n) is 15.7. The number of nitrogens with zero attached hydrogens (tertiary/aromatic N) is 3. The maximum Gasteiger partial charge on any atom is 0.306 e. The lowest BCUT2D eigenvalue weighted by atomic mass is 9.87. The van der Waals surface area contributed by atoms with E-state index in [2.05, 4.69) is 15.2 Å². The minimum atomic E-state index is -0.742. The maximum absolute atomic E-state index is 13.8. The topological polar surface area (TPSA) is 121 Å². The summed E-state index contributed by atoms with van der Waals surface area (Å²) in [5.74, 6) is -1.54. The number of likely N-dealkylation sites (tertiary alicyclic amines) is 2. The van der Waals surface area contributed by atoms with Crippen LogP contribution in [0.5, 0.6) is 0 Å². The van der Waals surface area contributed by atoms with Gasteiger partial charge in [-0.1, -0.05) is 47.5 Å². The fourth-order valence-corrected chi connectivity index (χ4v) is 7.29. The Kier molecular flexibility index (Phi) is 10.1. The highest BCUT2D eigenvalue weighted by atomic mass is 35.5. The van der Waals surface area contributed by atoms with E-state index >= 15 is 0 Å². The Balaban J connectivity index is 1.12. The number of aliphatic carboxylic acids is 1. The number of anilines is 1. The number of fused-ring (bicyclic) bond motifs is 1. The van der Waals surface area contributed by atoms with E-state index in [-0.39, 0.29) is 53.3 Å². The zero-order valence-electron chi connectivity index (χ0n) is 25.7. The van der Waals surface area contributed by atoms with Gasteiger partial charge in [0.15, 0.2) is 0 Å².